The molecule has 1 aliphatic rings. The van der Waals surface area contributed by atoms with Gasteiger partial charge in [-0.05, 0) is 31.0 Å². The van der Waals surface area contributed by atoms with E-state index in [1.54, 1.807) is 6.07 Å². The summed E-state index contributed by atoms with van der Waals surface area (Å²) in [6, 6.07) is 9.73. The fraction of sp³-hybridized carbons (Fsp3) is 0.389. The Labute approximate surface area is 141 Å². The predicted molar refractivity (Wildman–Crippen MR) is 92.2 cm³/mol. The first-order chi connectivity index (χ1) is 11.6. The Bertz CT molecular complexity index is 727. The Balaban J connectivity index is 1.72. The van der Waals surface area contributed by atoms with Gasteiger partial charge in [0.1, 0.15) is 5.69 Å². The van der Waals surface area contributed by atoms with Crippen molar-refractivity contribution in [3.63, 3.8) is 0 Å². The number of rotatable bonds is 4. The number of carbonyl (C=O) groups excluding carboxylic acids is 1. The smallest absolute Gasteiger partial charge is 0.270 e. The molecule has 1 amide bonds. The summed E-state index contributed by atoms with van der Waals surface area (Å²) in [5, 5.41) is 2.94. The summed E-state index contributed by atoms with van der Waals surface area (Å²) >= 11 is 0. The normalized spacial score (nSPS) is 14.5. The van der Waals surface area contributed by atoms with E-state index in [0.29, 0.717) is 31.4 Å². The van der Waals surface area contributed by atoms with E-state index in [1.165, 1.54) is 0 Å². The van der Waals surface area contributed by atoms with Gasteiger partial charge in [0, 0.05) is 25.3 Å². The number of nitrogens with zero attached hydrogens (tertiary/aromatic N) is 3. The minimum Gasteiger partial charge on any atom is -0.378 e. The van der Waals surface area contributed by atoms with Crippen LogP contribution < -0.4 is 10.2 Å². The van der Waals surface area contributed by atoms with Gasteiger partial charge in [0.15, 0.2) is 0 Å². The molecule has 2 aromatic rings. The molecule has 1 fully saturated rings. The molecule has 1 aliphatic heterocycles. The van der Waals surface area contributed by atoms with Gasteiger partial charge in [0.2, 0.25) is 5.95 Å². The largest absolute Gasteiger partial charge is 0.378 e. The third kappa shape index (κ3) is 3.89. The van der Waals surface area contributed by atoms with E-state index < -0.39 is 0 Å². The van der Waals surface area contributed by atoms with Crippen molar-refractivity contribution in [3.05, 3.63) is 52.8 Å². The fourth-order valence-electron chi connectivity index (χ4n) is 2.65. The maximum atomic E-state index is 12.5. The third-order valence-corrected chi connectivity index (χ3v) is 4.07. The van der Waals surface area contributed by atoms with Crippen molar-refractivity contribution < 1.29 is 9.53 Å². The molecule has 6 nitrogen and oxygen atoms in total. The van der Waals surface area contributed by atoms with Gasteiger partial charge in [0.25, 0.3) is 5.91 Å². The van der Waals surface area contributed by atoms with Crippen LogP contribution in [0.3, 0.4) is 0 Å². The number of aryl methyl sites for hydroxylation is 2. The first-order valence-corrected chi connectivity index (χ1v) is 8.14. The highest BCUT2D eigenvalue weighted by Crippen LogP contribution is 2.13. The van der Waals surface area contributed by atoms with E-state index in [2.05, 4.69) is 20.2 Å². The molecule has 3 rings (SSSR count). The van der Waals surface area contributed by atoms with Gasteiger partial charge >= 0.3 is 0 Å². The zero-order valence-corrected chi connectivity index (χ0v) is 14.1. The second-order valence-electron chi connectivity index (χ2n) is 5.90. The van der Waals surface area contributed by atoms with Gasteiger partial charge in [0.05, 0.1) is 13.2 Å². The Hall–Kier alpha value is -2.47. The second kappa shape index (κ2) is 7.40. The zero-order chi connectivity index (χ0) is 16.9. The van der Waals surface area contributed by atoms with Crippen LogP contribution in [0.5, 0.6) is 0 Å². The van der Waals surface area contributed by atoms with E-state index >= 15 is 0 Å². The second-order valence-corrected chi connectivity index (χ2v) is 5.90. The Kier molecular flexibility index (Phi) is 5.05. The quantitative estimate of drug-likeness (QED) is 0.929. The number of hydrogen-bond donors (Lipinski definition) is 1. The van der Waals surface area contributed by atoms with E-state index in [-0.39, 0.29) is 5.91 Å². The first kappa shape index (κ1) is 16.4. The van der Waals surface area contributed by atoms with Gasteiger partial charge in [-0.3, -0.25) is 4.79 Å². The maximum Gasteiger partial charge on any atom is 0.270 e. The number of ether oxygens (including phenoxy) is 1. The number of hydrogen-bond acceptors (Lipinski definition) is 5. The van der Waals surface area contributed by atoms with Crippen molar-refractivity contribution in [3.8, 4) is 0 Å². The minimum absolute atomic E-state index is 0.182. The lowest BCUT2D eigenvalue weighted by molar-refractivity contribution is 0.0945. The average Bonchev–Trinajstić information content (AvgIpc) is 2.61. The lowest BCUT2D eigenvalue weighted by Crippen LogP contribution is -2.38. The molecule has 126 valence electrons. The number of aromatic nitrogens is 2. The van der Waals surface area contributed by atoms with Gasteiger partial charge in [-0.2, -0.15) is 0 Å². The van der Waals surface area contributed by atoms with Crippen molar-refractivity contribution in [1.82, 2.24) is 15.3 Å². The first-order valence-electron chi connectivity index (χ1n) is 8.14. The zero-order valence-electron chi connectivity index (χ0n) is 14.1. The van der Waals surface area contributed by atoms with Crippen molar-refractivity contribution >= 4 is 11.9 Å². The highest BCUT2D eigenvalue weighted by atomic mass is 16.5. The van der Waals surface area contributed by atoms with Gasteiger partial charge in [-0.15, -0.1) is 0 Å². The molecule has 0 bridgehead atoms. The number of benzene rings is 1. The Morgan fingerprint density at radius 1 is 1.21 bits per heavy atom. The number of morpholine rings is 1. The summed E-state index contributed by atoms with van der Waals surface area (Å²) in [6.45, 7) is 7.21. The molecule has 0 atom stereocenters. The molecule has 0 aliphatic carbocycles. The van der Waals surface area contributed by atoms with Crippen molar-refractivity contribution in [2.24, 2.45) is 0 Å². The van der Waals surface area contributed by atoms with Crippen molar-refractivity contribution in [2.75, 3.05) is 31.2 Å². The van der Waals surface area contributed by atoms with Crippen LogP contribution in [-0.2, 0) is 11.3 Å². The molecule has 0 radical (unpaired) electrons. The van der Waals surface area contributed by atoms with E-state index in [9.17, 15) is 4.79 Å². The standard InChI is InChI=1S/C18H22N4O2/c1-13-5-3-4-6-15(13)12-19-17(23)16-11-14(2)20-18(21-16)22-7-9-24-10-8-22/h3-6,11H,7-10,12H2,1-2H3,(H,19,23). The number of anilines is 1. The predicted octanol–water partition coefficient (Wildman–Crippen LogP) is 1.86. The lowest BCUT2D eigenvalue weighted by atomic mass is 10.1. The lowest BCUT2D eigenvalue weighted by Gasteiger charge is -2.27. The van der Waals surface area contributed by atoms with Crippen LogP contribution in [0.15, 0.2) is 30.3 Å². The Morgan fingerprint density at radius 3 is 2.71 bits per heavy atom. The van der Waals surface area contributed by atoms with Crippen molar-refractivity contribution in [1.29, 1.82) is 0 Å². The molecule has 24 heavy (non-hydrogen) atoms. The van der Waals surface area contributed by atoms with E-state index in [1.807, 2.05) is 38.1 Å². The van der Waals surface area contributed by atoms with E-state index in [0.717, 1.165) is 29.9 Å². The van der Waals surface area contributed by atoms with Crippen molar-refractivity contribution in [2.45, 2.75) is 20.4 Å². The molecule has 1 saturated heterocycles. The van der Waals surface area contributed by atoms with Crippen LogP contribution in [0.25, 0.3) is 0 Å². The molecular weight excluding hydrogens is 304 g/mol. The molecule has 0 spiro atoms. The summed E-state index contributed by atoms with van der Waals surface area (Å²) in [5.74, 6) is 0.414. The average molecular weight is 326 g/mol. The highest BCUT2D eigenvalue weighted by Gasteiger charge is 2.17. The molecule has 2 heterocycles. The van der Waals surface area contributed by atoms with Gasteiger partial charge in [-0.1, -0.05) is 24.3 Å². The maximum absolute atomic E-state index is 12.5. The van der Waals surface area contributed by atoms with Gasteiger partial charge < -0.3 is 15.0 Å². The van der Waals surface area contributed by atoms with Crippen LogP contribution in [0.2, 0.25) is 0 Å². The van der Waals surface area contributed by atoms with Crippen LogP contribution in [0.4, 0.5) is 5.95 Å². The SMILES string of the molecule is Cc1cc(C(=O)NCc2ccccc2C)nc(N2CCOCC2)n1. The number of amides is 1. The van der Waals surface area contributed by atoms with Gasteiger partial charge in [-0.25, -0.2) is 9.97 Å². The van der Waals surface area contributed by atoms with E-state index in [4.69, 9.17) is 4.74 Å². The van der Waals surface area contributed by atoms with Crippen LogP contribution in [-0.4, -0.2) is 42.2 Å². The summed E-state index contributed by atoms with van der Waals surface area (Å²) in [6.07, 6.45) is 0. The summed E-state index contributed by atoms with van der Waals surface area (Å²) in [4.78, 5) is 23.4. The fourth-order valence-corrected chi connectivity index (χ4v) is 2.65. The summed E-state index contributed by atoms with van der Waals surface area (Å²) in [7, 11) is 0. The topological polar surface area (TPSA) is 67.4 Å². The number of carbonyl (C=O) groups is 1. The molecule has 1 aromatic carbocycles. The molecule has 6 heteroatoms. The molecule has 1 aromatic heterocycles. The molecule has 1 N–H and O–H groups in total. The molecule has 0 unspecified atom stereocenters. The Morgan fingerprint density at radius 2 is 1.96 bits per heavy atom. The molecule has 0 saturated carbocycles. The minimum atomic E-state index is -0.182. The monoisotopic (exact) mass is 326 g/mol. The number of nitrogens with one attached hydrogen (secondary N) is 1. The summed E-state index contributed by atoms with van der Waals surface area (Å²) in [5.41, 5.74) is 3.45. The molecular formula is C18H22N4O2. The summed E-state index contributed by atoms with van der Waals surface area (Å²) < 4.78 is 5.35. The van der Waals surface area contributed by atoms with Crippen LogP contribution in [0.1, 0.15) is 27.3 Å². The highest BCUT2D eigenvalue weighted by molar-refractivity contribution is 5.92. The van der Waals surface area contributed by atoms with Crippen LogP contribution in [0, 0.1) is 13.8 Å². The van der Waals surface area contributed by atoms with Crippen LogP contribution >= 0.6 is 0 Å². The third-order valence-electron chi connectivity index (χ3n) is 4.07.